The fourth-order valence-corrected chi connectivity index (χ4v) is 4.30. The van der Waals surface area contributed by atoms with Crippen molar-refractivity contribution < 1.29 is 26.7 Å². The molecule has 0 aliphatic heterocycles. The number of nitrogen functional groups attached to an aromatic ring is 1. The van der Waals surface area contributed by atoms with Crippen molar-refractivity contribution in [3.8, 4) is 5.69 Å². The summed E-state index contributed by atoms with van der Waals surface area (Å²) in [6.45, 7) is 0. The predicted octanol–water partition coefficient (Wildman–Crippen LogP) is 5.43. The van der Waals surface area contributed by atoms with E-state index >= 15 is 0 Å². The molecule has 0 atom stereocenters. The Bertz CT molecular complexity index is 1480. The maximum absolute atomic E-state index is 15.0. The average Bonchev–Trinajstić information content (AvgIpc) is 3.38. The van der Waals surface area contributed by atoms with E-state index in [9.17, 15) is 26.7 Å². The summed E-state index contributed by atoms with van der Waals surface area (Å²) in [5, 5.41) is 4.16. The second kappa shape index (κ2) is 8.22. The maximum atomic E-state index is 15.0. The van der Waals surface area contributed by atoms with Crippen LogP contribution in [0.5, 0.6) is 0 Å². The standard InChI is InChI=1S/C23H17F5N6O/c24-14-6-4-11(23(26,27)28)8-17(14)33-22(35)32-16-7-5-12(9-15(16)25)34-18-3-1-2-13(18)19-20(34)21(29)31-10-30-19/h4-10H,1-3H2,(H2,29,30,31)(H2,32,33,35). The average molecular weight is 488 g/mol. The van der Waals surface area contributed by atoms with Crippen LogP contribution in [0.25, 0.3) is 16.7 Å². The van der Waals surface area contributed by atoms with Crippen LogP contribution in [0.4, 0.5) is 43.9 Å². The minimum absolute atomic E-state index is 0.245. The van der Waals surface area contributed by atoms with Gasteiger partial charge >= 0.3 is 12.2 Å². The number of carbonyl (C=O) groups excluding carboxylic acids is 1. The number of halogens is 5. The van der Waals surface area contributed by atoms with Crippen molar-refractivity contribution in [1.82, 2.24) is 14.5 Å². The molecule has 0 fully saturated rings. The molecule has 5 rings (SSSR count). The lowest BCUT2D eigenvalue weighted by Gasteiger charge is -2.14. The predicted molar refractivity (Wildman–Crippen MR) is 119 cm³/mol. The van der Waals surface area contributed by atoms with Gasteiger partial charge in [0, 0.05) is 17.4 Å². The first-order valence-corrected chi connectivity index (χ1v) is 10.5. The lowest BCUT2D eigenvalue weighted by molar-refractivity contribution is -0.137. The lowest BCUT2D eigenvalue weighted by Crippen LogP contribution is -2.21. The monoisotopic (exact) mass is 488 g/mol. The molecule has 1 aliphatic carbocycles. The Morgan fingerprint density at radius 1 is 0.971 bits per heavy atom. The largest absolute Gasteiger partial charge is 0.416 e. The summed E-state index contributed by atoms with van der Waals surface area (Å²) >= 11 is 0. The Kier molecular flexibility index (Phi) is 5.30. The van der Waals surface area contributed by atoms with Gasteiger partial charge in [-0.25, -0.2) is 23.5 Å². The van der Waals surface area contributed by atoms with E-state index in [4.69, 9.17) is 5.73 Å². The van der Waals surface area contributed by atoms with Gasteiger partial charge in [0.25, 0.3) is 0 Å². The molecule has 0 spiro atoms. The zero-order chi connectivity index (χ0) is 24.9. The van der Waals surface area contributed by atoms with Crippen LogP contribution in [0.2, 0.25) is 0 Å². The molecule has 0 saturated heterocycles. The van der Waals surface area contributed by atoms with Crippen LogP contribution in [0.3, 0.4) is 0 Å². The fraction of sp³-hybridized carbons (Fsp3) is 0.174. The highest BCUT2D eigenvalue weighted by molar-refractivity contribution is 6.00. The van der Waals surface area contributed by atoms with Crippen LogP contribution in [-0.2, 0) is 19.0 Å². The Hall–Kier alpha value is -4.22. The number of carbonyl (C=O) groups is 1. The third kappa shape index (κ3) is 4.00. The van der Waals surface area contributed by atoms with Gasteiger partial charge in [-0.1, -0.05) is 0 Å². The van der Waals surface area contributed by atoms with E-state index in [1.54, 1.807) is 10.6 Å². The highest BCUT2D eigenvalue weighted by Crippen LogP contribution is 2.37. The number of nitrogens with zero attached hydrogens (tertiary/aromatic N) is 3. The van der Waals surface area contributed by atoms with E-state index in [2.05, 4.69) is 15.3 Å². The van der Waals surface area contributed by atoms with E-state index in [1.807, 2.05) is 5.32 Å². The Labute approximate surface area is 194 Å². The summed E-state index contributed by atoms with van der Waals surface area (Å²) in [4.78, 5) is 20.6. The molecule has 1 aliphatic rings. The molecule has 0 unspecified atom stereocenters. The fourth-order valence-electron chi connectivity index (χ4n) is 4.30. The van der Waals surface area contributed by atoms with Crippen molar-refractivity contribution in [2.75, 3.05) is 16.4 Å². The summed E-state index contributed by atoms with van der Waals surface area (Å²) in [6.07, 6.45) is -0.875. The van der Waals surface area contributed by atoms with Gasteiger partial charge in [-0.05, 0) is 55.2 Å². The molecule has 12 heteroatoms. The van der Waals surface area contributed by atoms with Crippen molar-refractivity contribution in [2.24, 2.45) is 0 Å². The summed E-state index contributed by atoms with van der Waals surface area (Å²) in [5.74, 6) is -1.64. The van der Waals surface area contributed by atoms with Crippen molar-refractivity contribution in [3.05, 3.63) is 71.2 Å². The number of anilines is 3. The maximum Gasteiger partial charge on any atom is 0.416 e. The highest BCUT2D eigenvalue weighted by Gasteiger charge is 2.31. The molecule has 0 saturated carbocycles. The van der Waals surface area contributed by atoms with Crippen LogP contribution in [0.1, 0.15) is 23.2 Å². The van der Waals surface area contributed by atoms with E-state index in [1.165, 1.54) is 18.5 Å². The number of urea groups is 1. The molecule has 2 amide bonds. The van der Waals surface area contributed by atoms with Crippen molar-refractivity contribution in [2.45, 2.75) is 25.4 Å². The third-order valence-corrected chi connectivity index (χ3v) is 5.82. The third-order valence-electron chi connectivity index (χ3n) is 5.82. The summed E-state index contributed by atoms with van der Waals surface area (Å²) in [7, 11) is 0. The second-order valence-electron chi connectivity index (χ2n) is 8.01. The minimum Gasteiger partial charge on any atom is -0.382 e. The normalized spacial score (nSPS) is 13.2. The molecular weight excluding hydrogens is 471 g/mol. The summed E-state index contributed by atoms with van der Waals surface area (Å²) in [5.41, 5.74) is 7.67. The number of nitrogens with two attached hydrogens (primary N) is 1. The van der Waals surface area contributed by atoms with Crippen molar-refractivity contribution in [1.29, 1.82) is 0 Å². The van der Waals surface area contributed by atoms with Crippen molar-refractivity contribution in [3.63, 3.8) is 0 Å². The van der Waals surface area contributed by atoms with Gasteiger partial charge in [-0.3, -0.25) is 0 Å². The highest BCUT2D eigenvalue weighted by atomic mass is 19.4. The molecule has 180 valence electrons. The molecular formula is C23H17F5N6O. The van der Waals surface area contributed by atoms with Crippen molar-refractivity contribution >= 4 is 34.3 Å². The summed E-state index contributed by atoms with van der Waals surface area (Å²) < 4.78 is 69.3. The molecule has 0 radical (unpaired) electrons. The van der Waals surface area contributed by atoms with E-state index < -0.39 is 35.1 Å². The lowest BCUT2D eigenvalue weighted by atomic mass is 10.2. The zero-order valence-electron chi connectivity index (χ0n) is 17.9. The molecule has 4 N–H and O–H groups in total. The number of rotatable bonds is 3. The number of nitrogens with one attached hydrogen (secondary N) is 2. The van der Waals surface area contributed by atoms with Gasteiger partial charge < -0.3 is 20.9 Å². The van der Waals surface area contributed by atoms with Crippen LogP contribution in [0.15, 0.2) is 42.7 Å². The number of hydrogen-bond donors (Lipinski definition) is 3. The van der Waals surface area contributed by atoms with Crippen LogP contribution >= 0.6 is 0 Å². The van der Waals surface area contributed by atoms with Gasteiger partial charge in [0.05, 0.1) is 22.5 Å². The number of aryl methyl sites for hydroxylation is 1. The SMILES string of the molecule is Nc1ncnc2c3c(n(-c4ccc(NC(=O)Nc5cc(C(F)(F)F)ccc5F)c(F)c4)c12)CCC3. The molecule has 35 heavy (non-hydrogen) atoms. The second-order valence-corrected chi connectivity index (χ2v) is 8.01. The van der Waals surface area contributed by atoms with Crippen LogP contribution in [-0.4, -0.2) is 20.6 Å². The topological polar surface area (TPSA) is 97.9 Å². The molecule has 4 aromatic rings. The molecule has 0 bridgehead atoms. The number of amides is 2. The van der Waals surface area contributed by atoms with E-state index in [0.29, 0.717) is 34.9 Å². The first-order valence-electron chi connectivity index (χ1n) is 10.5. The van der Waals surface area contributed by atoms with Gasteiger partial charge in [-0.2, -0.15) is 13.2 Å². The van der Waals surface area contributed by atoms with Gasteiger partial charge in [0.15, 0.2) is 5.82 Å². The number of benzene rings is 2. The quantitative estimate of drug-likeness (QED) is 0.335. The number of hydrogen-bond acceptors (Lipinski definition) is 4. The Balaban J connectivity index is 1.42. The Morgan fingerprint density at radius 3 is 2.49 bits per heavy atom. The van der Waals surface area contributed by atoms with Crippen LogP contribution < -0.4 is 16.4 Å². The van der Waals surface area contributed by atoms with E-state index in [-0.39, 0.29) is 11.5 Å². The van der Waals surface area contributed by atoms with Crippen LogP contribution in [0, 0.1) is 11.6 Å². The first kappa shape index (κ1) is 22.6. The number of aromatic nitrogens is 3. The zero-order valence-corrected chi connectivity index (χ0v) is 17.9. The smallest absolute Gasteiger partial charge is 0.382 e. The number of fused-ring (bicyclic) bond motifs is 3. The Morgan fingerprint density at radius 2 is 1.74 bits per heavy atom. The molecule has 7 nitrogen and oxygen atoms in total. The van der Waals surface area contributed by atoms with Gasteiger partial charge in [-0.15, -0.1) is 0 Å². The number of alkyl halides is 3. The first-order chi connectivity index (χ1) is 16.6. The molecule has 2 aromatic heterocycles. The van der Waals surface area contributed by atoms with Gasteiger partial charge in [0.2, 0.25) is 0 Å². The minimum atomic E-state index is -4.72. The summed E-state index contributed by atoms with van der Waals surface area (Å²) in [6, 6.07) is 4.51. The molecule has 2 aromatic carbocycles. The van der Waals surface area contributed by atoms with Gasteiger partial charge in [0.1, 0.15) is 23.5 Å². The molecule has 2 heterocycles. The van der Waals surface area contributed by atoms with E-state index in [0.717, 1.165) is 30.5 Å².